The third-order valence-electron chi connectivity index (χ3n) is 6.10. The van der Waals surface area contributed by atoms with E-state index < -0.39 is 0 Å². The summed E-state index contributed by atoms with van der Waals surface area (Å²) in [5, 5.41) is 4.23. The van der Waals surface area contributed by atoms with E-state index in [4.69, 9.17) is 19.5 Å². The monoisotopic (exact) mass is 497 g/mol. The zero-order valence-electron chi connectivity index (χ0n) is 21.0. The highest BCUT2D eigenvalue weighted by atomic mass is 19.1. The van der Waals surface area contributed by atoms with Gasteiger partial charge in [-0.05, 0) is 67.6 Å². The average Bonchev–Trinajstić information content (AvgIpc) is 2.90. The third kappa shape index (κ3) is 5.21. The first-order valence-corrected chi connectivity index (χ1v) is 12.0. The number of nitrogens with one attached hydrogen (secondary N) is 1. The lowest BCUT2D eigenvalue weighted by Gasteiger charge is -2.21. The molecule has 1 aliphatic heterocycles. The minimum absolute atomic E-state index is 0.212. The van der Waals surface area contributed by atoms with Gasteiger partial charge in [-0.25, -0.2) is 9.37 Å². The van der Waals surface area contributed by atoms with Gasteiger partial charge in [-0.1, -0.05) is 12.1 Å². The first-order chi connectivity index (χ1) is 18.1. The van der Waals surface area contributed by atoms with Crippen LogP contribution in [0.5, 0.6) is 0 Å². The van der Waals surface area contributed by atoms with E-state index in [-0.39, 0.29) is 11.9 Å². The van der Waals surface area contributed by atoms with Gasteiger partial charge in [0, 0.05) is 26.1 Å². The average molecular weight is 498 g/mol. The number of hydrogen-bond donors (Lipinski definition) is 1. The molecule has 0 atom stereocenters. The molecule has 2 heterocycles. The predicted octanol–water partition coefficient (Wildman–Crippen LogP) is 5.28. The van der Waals surface area contributed by atoms with Crippen LogP contribution in [-0.2, 0) is 9.47 Å². The second kappa shape index (κ2) is 10.9. The fourth-order valence-electron chi connectivity index (χ4n) is 4.38. The maximum Gasteiger partial charge on any atom is 0.123 e. The molecule has 1 N–H and O–H groups in total. The van der Waals surface area contributed by atoms with Crippen molar-refractivity contribution >= 4 is 22.4 Å². The van der Waals surface area contributed by atoms with Crippen molar-refractivity contribution in [3.05, 3.63) is 95.9 Å². The second-order valence-electron chi connectivity index (χ2n) is 8.73. The van der Waals surface area contributed by atoms with Crippen molar-refractivity contribution in [1.82, 2.24) is 14.5 Å². The molecule has 5 rings (SSSR count). The van der Waals surface area contributed by atoms with Crippen LogP contribution >= 0.6 is 0 Å². The Morgan fingerprint density at radius 3 is 2.43 bits per heavy atom. The second-order valence-corrected chi connectivity index (χ2v) is 8.73. The summed E-state index contributed by atoms with van der Waals surface area (Å²) in [6, 6.07) is 22.0. The lowest BCUT2D eigenvalue weighted by atomic mass is 10.1. The molecule has 0 saturated carbocycles. The Labute approximate surface area is 214 Å². The van der Waals surface area contributed by atoms with E-state index >= 15 is 0 Å². The summed E-state index contributed by atoms with van der Waals surface area (Å²) in [4.78, 5) is 14.4. The number of benzene rings is 3. The third-order valence-corrected chi connectivity index (χ3v) is 6.10. The fourth-order valence-corrected chi connectivity index (χ4v) is 4.38. The highest BCUT2D eigenvalue weighted by molar-refractivity contribution is 5.84. The first kappa shape index (κ1) is 24.5. The molecule has 2 aliphatic rings. The first-order valence-electron chi connectivity index (χ1n) is 12.0. The number of methoxy groups -OCH3 is 2. The minimum Gasteiger partial charge on any atom is -0.382 e. The Bertz CT molecular complexity index is 1560. The van der Waals surface area contributed by atoms with Gasteiger partial charge in [0.1, 0.15) is 5.82 Å². The molecule has 7 nitrogen and oxygen atoms in total. The van der Waals surface area contributed by atoms with Crippen LogP contribution < -0.4 is 10.7 Å². The van der Waals surface area contributed by atoms with Gasteiger partial charge in [0.2, 0.25) is 0 Å². The molecule has 37 heavy (non-hydrogen) atoms. The molecule has 1 aromatic heterocycles. The maximum absolute atomic E-state index is 13.8. The number of rotatable bonds is 8. The summed E-state index contributed by atoms with van der Waals surface area (Å²) in [7, 11) is 3.30. The van der Waals surface area contributed by atoms with Crippen molar-refractivity contribution < 1.29 is 13.9 Å². The summed E-state index contributed by atoms with van der Waals surface area (Å²) in [5.74, 6) is -0.289. The summed E-state index contributed by atoms with van der Waals surface area (Å²) in [6.45, 7) is 2.77. The molecular weight excluding hydrogens is 469 g/mol. The van der Waals surface area contributed by atoms with Gasteiger partial charge in [0.25, 0.3) is 0 Å². The number of fused-ring (bicyclic) bond motifs is 2. The maximum atomic E-state index is 13.8. The van der Waals surface area contributed by atoms with Gasteiger partial charge in [-0.15, -0.1) is 0 Å². The molecule has 0 bridgehead atoms. The molecule has 0 spiro atoms. The number of nitrogens with zero attached hydrogens (tertiary/aromatic N) is 4. The molecule has 3 aromatic rings. The Morgan fingerprint density at radius 2 is 1.70 bits per heavy atom. The molecule has 188 valence electrons. The molecule has 1 aliphatic carbocycles. The fraction of sp³-hybridized carbons (Fsp3) is 0.207. The van der Waals surface area contributed by atoms with Gasteiger partial charge in [-0.3, -0.25) is 9.98 Å². The van der Waals surface area contributed by atoms with E-state index in [9.17, 15) is 4.39 Å². The Hall–Kier alpha value is -4.14. The van der Waals surface area contributed by atoms with E-state index in [1.54, 1.807) is 32.5 Å². The van der Waals surface area contributed by atoms with Gasteiger partial charge in [0.05, 0.1) is 64.1 Å². The zero-order chi connectivity index (χ0) is 25.8. The number of anilines is 2. The molecule has 0 radical (unpaired) electrons. The number of aryl methyl sites for hydroxylation is 1. The number of hydrogen-bond acceptors (Lipinski definition) is 6. The quantitative estimate of drug-likeness (QED) is 0.295. The number of ether oxygens (including phenoxy) is 2. The largest absolute Gasteiger partial charge is 0.382 e. The number of para-hydroxylation sites is 2. The van der Waals surface area contributed by atoms with Gasteiger partial charge >= 0.3 is 0 Å². The summed E-state index contributed by atoms with van der Waals surface area (Å²) in [5.41, 5.74) is 6.68. The van der Waals surface area contributed by atoms with Crippen LogP contribution in [-0.4, -0.2) is 48.0 Å². The van der Waals surface area contributed by atoms with Crippen LogP contribution in [0, 0.1) is 12.7 Å². The van der Waals surface area contributed by atoms with E-state index in [0.717, 1.165) is 50.5 Å². The van der Waals surface area contributed by atoms with E-state index in [2.05, 4.69) is 14.9 Å². The molecule has 0 saturated heterocycles. The Morgan fingerprint density at radius 1 is 0.946 bits per heavy atom. The number of halogens is 1. The lowest BCUT2D eigenvalue weighted by Crippen LogP contribution is -2.24. The Kier molecular flexibility index (Phi) is 7.20. The normalized spacial score (nSPS) is 12.1. The van der Waals surface area contributed by atoms with Crippen molar-refractivity contribution in [2.24, 2.45) is 4.99 Å². The highest BCUT2D eigenvalue weighted by Crippen LogP contribution is 2.30. The van der Waals surface area contributed by atoms with Crippen molar-refractivity contribution in [1.29, 1.82) is 0 Å². The van der Waals surface area contributed by atoms with E-state index in [1.165, 1.54) is 12.1 Å². The number of aromatic nitrogens is 3. The number of pyridine rings is 1. The molecule has 0 unspecified atom stereocenters. The molecule has 8 heteroatoms. The summed E-state index contributed by atoms with van der Waals surface area (Å²) >= 11 is 0. The van der Waals surface area contributed by atoms with Crippen molar-refractivity contribution in [3.63, 3.8) is 0 Å². The van der Waals surface area contributed by atoms with Crippen LogP contribution in [0.3, 0.4) is 0 Å². The van der Waals surface area contributed by atoms with Crippen LogP contribution in [0.15, 0.2) is 84.0 Å². The van der Waals surface area contributed by atoms with Gasteiger partial charge in [0.15, 0.2) is 0 Å². The lowest BCUT2D eigenvalue weighted by molar-refractivity contribution is 0.118. The minimum atomic E-state index is -0.289. The molecular formula is C29H28FN5O2. The van der Waals surface area contributed by atoms with Crippen molar-refractivity contribution in [3.8, 4) is 17.1 Å². The Balaban J connectivity index is 1.81. The summed E-state index contributed by atoms with van der Waals surface area (Å²) in [6.07, 6.45) is 1.76. The SMILES string of the molecule is COCC(COC)/N=c1\cc2n(-c3ccc(F)cc3)c3ccccc3nc-2cc1Nc1cccnc1C. The highest BCUT2D eigenvalue weighted by Gasteiger charge is 2.18. The predicted molar refractivity (Wildman–Crippen MR) is 143 cm³/mol. The van der Waals surface area contributed by atoms with Crippen molar-refractivity contribution in [2.45, 2.75) is 13.0 Å². The van der Waals surface area contributed by atoms with Crippen LogP contribution in [0.25, 0.3) is 28.1 Å². The van der Waals surface area contributed by atoms with Crippen molar-refractivity contribution in [2.75, 3.05) is 32.8 Å². The van der Waals surface area contributed by atoms with E-state index in [0.29, 0.717) is 13.2 Å². The van der Waals surface area contributed by atoms with Crippen LogP contribution in [0.2, 0.25) is 0 Å². The van der Waals surface area contributed by atoms with Gasteiger partial charge in [-0.2, -0.15) is 0 Å². The molecule has 0 fully saturated rings. The molecule has 0 amide bonds. The molecule has 2 aromatic carbocycles. The smallest absolute Gasteiger partial charge is 0.123 e. The van der Waals surface area contributed by atoms with Crippen LogP contribution in [0.4, 0.5) is 15.8 Å². The topological polar surface area (TPSA) is 73.6 Å². The standard InChI is InChI=1S/C29H28FN5O2/c1-19-23(8-6-14-31-19)33-25-15-27-29(16-26(25)32-21(17-36-2)18-37-3)35(22-12-10-20(30)11-13-22)28-9-5-4-7-24(28)34-27/h4-16,21,33H,17-18H2,1-3H3/b32-26+. The van der Waals surface area contributed by atoms with Gasteiger partial charge < -0.3 is 19.4 Å². The summed E-state index contributed by atoms with van der Waals surface area (Å²) < 4.78 is 26.7. The van der Waals surface area contributed by atoms with E-state index in [1.807, 2.05) is 55.5 Å². The van der Waals surface area contributed by atoms with Crippen LogP contribution in [0.1, 0.15) is 5.69 Å². The zero-order valence-corrected chi connectivity index (χ0v) is 21.0.